The SMILES string of the molecule is CO/N=C(\C(=O)N[C@@H]1C(=O)N2C(C(=O)O)=C(CSc3cccc4n3cc[n+]4CC(=O)O)CS[C@@H]12)c1csc(N)n1. The Morgan fingerprint density at radius 1 is 1.35 bits per heavy atom. The fourth-order valence-electron chi connectivity index (χ4n) is 4.35. The summed E-state index contributed by atoms with van der Waals surface area (Å²) in [6.45, 7) is -0.192. The van der Waals surface area contributed by atoms with E-state index in [1.807, 2.05) is 10.5 Å². The summed E-state index contributed by atoms with van der Waals surface area (Å²) >= 11 is 3.83. The Morgan fingerprint density at radius 2 is 2.15 bits per heavy atom. The fraction of sp³-hybridized carbons (Fsp3) is 0.261. The number of carbonyl (C=O) groups is 4. The van der Waals surface area contributed by atoms with E-state index >= 15 is 0 Å². The van der Waals surface area contributed by atoms with Gasteiger partial charge in [0.2, 0.25) is 0 Å². The van der Waals surface area contributed by atoms with Gasteiger partial charge in [0.25, 0.3) is 17.5 Å². The highest BCUT2D eigenvalue weighted by Gasteiger charge is 2.54. The summed E-state index contributed by atoms with van der Waals surface area (Å²) in [6, 6.07) is 4.46. The van der Waals surface area contributed by atoms with Gasteiger partial charge in [-0.15, -0.1) is 23.1 Å². The lowest BCUT2D eigenvalue weighted by atomic mass is 10.0. The van der Waals surface area contributed by atoms with Gasteiger partial charge in [0, 0.05) is 23.0 Å². The van der Waals surface area contributed by atoms with Crippen LogP contribution in [0.4, 0.5) is 5.13 Å². The molecule has 2 aliphatic rings. The number of carboxylic acids is 2. The maximum Gasteiger partial charge on any atom is 0.352 e. The van der Waals surface area contributed by atoms with Crippen molar-refractivity contribution >= 4 is 75.1 Å². The van der Waals surface area contributed by atoms with Crippen molar-refractivity contribution in [2.75, 3.05) is 24.3 Å². The first-order valence-corrected chi connectivity index (χ1v) is 14.5. The number of imidazole rings is 1. The van der Waals surface area contributed by atoms with Crippen LogP contribution in [-0.2, 0) is 30.6 Å². The highest BCUT2D eigenvalue weighted by atomic mass is 32.2. The number of nitrogen functional groups attached to an aromatic ring is 1. The van der Waals surface area contributed by atoms with Crippen molar-refractivity contribution in [2.45, 2.75) is 23.0 Å². The minimum absolute atomic E-state index is 0.106. The van der Waals surface area contributed by atoms with Crippen molar-refractivity contribution in [3.05, 3.63) is 52.9 Å². The zero-order valence-corrected chi connectivity index (χ0v) is 23.2. The summed E-state index contributed by atoms with van der Waals surface area (Å²) in [5, 5.41) is 27.4. The zero-order chi connectivity index (χ0) is 28.6. The number of hydrogen-bond donors (Lipinski definition) is 4. The first-order chi connectivity index (χ1) is 19.2. The van der Waals surface area contributed by atoms with E-state index in [0.29, 0.717) is 17.0 Å². The molecule has 14 nitrogen and oxygen atoms in total. The smallest absolute Gasteiger partial charge is 0.352 e. The molecule has 0 spiro atoms. The van der Waals surface area contributed by atoms with Crippen LogP contribution in [0.5, 0.6) is 0 Å². The van der Waals surface area contributed by atoms with Crippen molar-refractivity contribution in [2.24, 2.45) is 5.16 Å². The van der Waals surface area contributed by atoms with Crippen molar-refractivity contribution in [1.82, 2.24) is 19.6 Å². The van der Waals surface area contributed by atoms with E-state index in [-0.39, 0.29) is 34.5 Å². The third-order valence-electron chi connectivity index (χ3n) is 6.06. The average molecular weight is 605 g/mol. The summed E-state index contributed by atoms with van der Waals surface area (Å²) in [4.78, 5) is 59.4. The number of nitrogens with two attached hydrogens (primary N) is 1. The molecular formula is C23H22N7O7S3+. The number of fused-ring (bicyclic) bond motifs is 2. The molecule has 2 amide bonds. The number of β-lactam (4-membered cyclic amide) rings is 1. The van der Waals surface area contributed by atoms with Crippen molar-refractivity contribution in [3.63, 3.8) is 0 Å². The summed E-state index contributed by atoms with van der Waals surface area (Å²) in [6.07, 6.45) is 3.40. The van der Waals surface area contributed by atoms with E-state index in [9.17, 15) is 24.3 Å². The maximum atomic E-state index is 13.1. The first-order valence-electron chi connectivity index (χ1n) is 11.6. The van der Waals surface area contributed by atoms with Crippen molar-refractivity contribution in [1.29, 1.82) is 0 Å². The van der Waals surface area contributed by atoms with Gasteiger partial charge in [-0.3, -0.25) is 14.5 Å². The fourth-order valence-corrected chi connectivity index (χ4v) is 7.40. The second kappa shape index (κ2) is 11.2. The average Bonchev–Trinajstić information content (AvgIpc) is 3.54. The van der Waals surface area contributed by atoms with E-state index in [0.717, 1.165) is 16.4 Å². The van der Waals surface area contributed by atoms with E-state index in [1.54, 1.807) is 29.1 Å². The van der Waals surface area contributed by atoms with Gasteiger partial charge in [-0.2, -0.15) is 4.40 Å². The van der Waals surface area contributed by atoms with Gasteiger partial charge >= 0.3 is 11.9 Å². The molecule has 17 heteroatoms. The Hall–Kier alpha value is -4.09. The molecule has 3 aromatic heterocycles. The molecule has 0 unspecified atom stereocenters. The van der Waals surface area contributed by atoms with E-state index in [1.165, 1.54) is 40.9 Å². The molecule has 0 aromatic carbocycles. The number of aromatic nitrogens is 3. The van der Waals surface area contributed by atoms with Gasteiger partial charge in [-0.05, 0) is 17.7 Å². The molecule has 2 aliphatic heterocycles. The third-order valence-corrected chi connectivity index (χ3v) is 9.19. The Kier molecular flexibility index (Phi) is 7.68. The lowest BCUT2D eigenvalue weighted by Gasteiger charge is -2.49. The number of thioether (sulfide) groups is 2. The van der Waals surface area contributed by atoms with Crippen LogP contribution in [0.1, 0.15) is 5.69 Å². The van der Waals surface area contributed by atoms with Crippen LogP contribution in [0.3, 0.4) is 0 Å². The van der Waals surface area contributed by atoms with Crippen LogP contribution in [0.15, 0.2) is 57.4 Å². The molecule has 0 saturated carbocycles. The largest absolute Gasteiger partial charge is 0.478 e. The number of amides is 2. The van der Waals surface area contributed by atoms with Gasteiger partial charge < -0.3 is 26.1 Å². The molecule has 5 rings (SSSR count). The molecule has 0 radical (unpaired) electrons. The number of carboxylic acid groups (broad SMARTS) is 2. The van der Waals surface area contributed by atoms with E-state index in [4.69, 9.17) is 15.7 Å². The van der Waals surface area contributed by atoms with Gasteiger partial charge in [0.05, 0.1) is 0 Å². The number of nitrogens with zero attached hydrogens (tertiary/aromatic N) is 5. The summed E-state index contributed by atoms with van der Waals surface area (Å²) in [5.41, 5.74) is 6.81. The predicted octanol–water partition coefficient (Wildman–Crippen LogP) is 0.232. The first kappa shape index (κ1) is 27.5. The number of pyridine rings is 1. The maximum absolute atomic E-state index is 13.1. The third kappa shape index (κ3) is 5.09. The van der Waals surface area contributed by atoms with Crippen molar-refractivity contribution < 1.29 is 38.8 Å². The summed E-state index contributed by atoms with van der Waals surface area (Å²) in [7, 11) is 1.27. The second-order valence-corrected chi connectivity index (χ2v) is 11.5. The topological polar surface area (TPSA) is 193 Å². The Bertz CT molecular complexity index is 1600. The predicted molar refractivity (Wildman–Crippen MR) is 146 cm³/mol. The van der Waals surface area contributed by atoms with E-state index in [2.05, 4.69) is 15.5 Å². The van der Waals surface area contributed by atoms with Crippen LogP contribution in [0, 0.1) is 0 Å². The Morgan fingerprint density at radius 3 is 2.83 bits per heavy atom. The monoisotopic (exact) mass is 604 g/mol. The Balaban J connectivity index is 1.32. The number of carbonyl (C=O) groups excluding carboxylic acids is 2. The highest BCUT2D eigenvalue weighted by molar-refractivity contribution is 8.01. The number of oxime groups is 1. The number of thiazole rings is 1. The molecule has 0 aliphatic carbocycles. The highest BCUT2D eigenvalue weighted by Crippen LogP contribution is 2.41. The second-order valence-electron chi connectivity index (χ2n) is 8.51. The van der Waals surface area contributed by atoms with Gasteiger partial charge in [-0.1, -0.05) is 16.9 Å². The molecule has 0 bridgehead atoms. The molecule has 1 fully saturated rings. The molecule has 2 atom stereocenters. The van der Waals surface area contributed by atoms with Gasteiger partial charge in [0.15, 0.2) is 22.4 Å². The zero-order valence-electron chi connectivity index (χ0n) is 20.7. The quantitative estimate of drug-likeness (QED) is 0.0814. The molecule has 208 valence electrons. The molecule has 5 heterocycles. The van der Waals surface area contributed by atoms with Crippen LogP contribution in [0.2, 0.25) is 0 Å². The van der Waals surface area contributed by atoms with Crippen LogP contribution in [-0.4, -0.2) is 84.0 Å². The Labute approximate surface area is 238 Å². The lowest BCUT2D eigenvalue weighted by molar-refractivity contribution is -0.659. The normalized spacial score (nSPS) is 18.9. The number of rotatable bonds is 10. The van der Waals surface area contributed by atoms with Crippen LogP contribution >= 0.6 is 34.9 Å². The minimum atomic E-state index is -1.24. The molecule has 5 N–H and O–H groups in total. The number of aliphatic carboxylic acids is 2. The van der Waals surface area contributed by atoms with E-state index < -0.39 is 35.2 Å². The summed E-state index contributed by atoms with van der Waals surface area (Å²) in [5.74, 6) is -2.84. The van der Waals surface area contributed by atoms with Crippen LogP contribution < -0.4 is 15.6 Å². The van der Waals surface area contributed by atoms with Crippen molar-refractivity contribution in [3.8, 4) is 0 Å². The molecule has 3 aromatic rings. The lowest BCUT2D eigenvalue weighted by Crippen LogP contribution is -2.71. The minimum Gasteiger partial charge on any atom is -0.478 e. The summed E-state index contributed by atoms with van der Waals surface area (Å²) < 4.78 is 3.41. The molecular weight excluding hydrogens is 582 g/mol. The van der Waals surface area contributed by atoms with Gasteiger partial charge in [-0.25, -0.2) is 19.1 Å². The van der Waals surface area contributed by atoms with Crippen LogP contribution in [0.25, 0.3) is 5.65 Å². The number of nitrogens with one attached hydrogen (secondary N) is 1. The molecule has 1 saturated heterocycles. The number of hydrogen-bond acceptors (Lipinski definition) is 11. The van der Waals surface area contributed by atoms with Gasteiger partial charge in [0.1, 0.15) is 42.3 Å². The molecule has 40 heavy (non-hydrogen) atoms. The standard InChI is InChI=1S/C23H21N7O7S3/c1-37-27-16(12-10-40-23(24)25-12)19(33)26-17-20(34)30-18(22(35)36)11(9-39-21(17)30)8-38-14-4-2-3-13-28(7-15(31)32)5-6-29(13)14/h2-6,10,17,21H,7-9H2,1H3,(H4-,24,25,26,31,32,33,35,36)/p+1/b27-16-/t17-,21+/m1/s1. The number of anilines is 1.